The number of carbonyl (C=O) groups excluding carboxylic acids is 1. The van der Waals surface area contributed by atoms with Crippen LogP contribution < -0.4 is 5.32 Å². The predicted octanol–water partition coefficient (Wildman–Crippen LogP) is 3.86. The van der Waals surface area contributed by atoms with Crippen LogP contribution in [0.25, 0.3) is 16.7 Å². The van der Waals surface area contributed by atoms with Gasteiger partial charge in [0.05, 0.1) is 22.8 Å². The zero-order chi connectivity index (χ0) is 19.1. The first kappa shape index (κ1) is 16.7. The Hall–Kier alpha value is -3.41. The molecule has 2 aromatic heterocycles. The summed E-state index contributed by atoms with van der Waals surface area (Å²) in [5.74, 6) is 0.837. The van der Waals surface area contributed by atoms with E-state index < -0.39 is 0 Å². The summed E-state index contributed by atoms with van der Waals surface area (Å²) >= 11 is 0. The molecule has 1 aliphatic carbocycles. The minimum absolute atomic E-state index is 0.0292. The van der Waals surface area contributed by atoms with Crippen molar-refractivity contribution in [1.29, 1.82) is 0 Å². The van der Waals surface area contributed by atoms with Crippen LogP contribution in [0, 0.1) is 6.92 Å². The van der Waals surface area contributed by atoms with E-state index >= 15 is 0 Å². The second-order valence-corrected chi connectivity index (χ2v) is 7.25. The Kier molecular flexibility index (Phi) is 3.97. The van der Waals surface area contributed by atoms with Crippen LogP contribution in [0.1, 0.15) is 46.5 Å². The summed E-state index contributed by atoms with van der Waals surface area (Å²) < 4.78 is 2.02. The van der Waals surface area contributed by atoms with Gasteiger partial charge in [-0.05, 0) is 62.6 Å². The monoisotopic (exact) mass is 371 g/mol. The minimum atomic E-state index is -0.0689. The van der Waals surface area contributed by atoms with Crippen LogP contribution in [0.5, 0.6) is 0 Å². The van der Waals surface area contributed by atoms with Gasteiger partial charge in [0.1, 0.15) is 12.2 Å². The van der Waals surface area contributed by atoms with Crippen molar-refractivity contribution in [2.24, 2.45) is 0 Å². The third-order valence-corrected chi connectivity index (χ3v) is 5.35. The Labute approximate surface area is 162 Å². The first-order valence-electron chi connectivity index (χ1n) is 9.58. The molecule has 0 radical (unpaired) electrons. The highest BCUT2D eigenvalue weighted by atomic mass is 16.1. The number of rotatable bonds is 3. The largest absolute Gasteiger partial charge is 0.346 e. The minimum Gasteiger partial charge on any atom is -0.346 e. The Morgan fingerprint density at radius 3 is 2.86 bits per heavy atom. The molecular weight excluding hydrogens is 350 g/mol. The van der Waals surface area contributed by atoms with Crippen LogP contribution in [0.4, 0.5) is 0 Å². The quantitative estimate of drug-likeness (QED) is 0.574. The zero-order valence-corrected chi connectivity index (χ0v) is 15.6. The molecule has 2 aromatic carbocycles. The number of para-hydroxylation sites is 2. The van der Waals surface area contributed by atoms with E-state index in [1.165, 1.54) is 0 Å². The van der Waals surface area contributed by atoms with Gasteiger partial charge in [0.25, 0.3) is 5.91 Å². The molecule has 5 rings (SSSR count). The van der Waals surface area contributed by atoms with E-state index in [9.17, 15) is 4.79 Å². The Balaban J connectivity index is 1.37. The number of aryl methyl sites for hydroxylation is 2. The topological polar surface area (TPSA) is 75.6 Å². The van der Waals surface area contributed by atoms with Crippen molar-refractivity contribution < 1.29 is 4.79 Å². The first-order chi connectivity index (χ1) is 13.7. The third-order valence-electron chi connectivity index (χ3n) is 5.35. The number of nitrogens with zero attached hydrogens (tertiary/aromatic N) is 3. The molecule has 0 saturated heterocycles. The summed E-state index contributed by atoms with van der Waals surface area (Å²) in [7, 11) is 0. The summed E-state index contributed by atoms with van der Waals surface area (Å²) in [6.07, 6.45) is 4.77. The number of fused-ring (bicyclic) bond motifs is 2. The first-order valence-corrected chi connectivity index (χ1v) is 9.58. The van der Waals surface area contributed by atoms with Crippen molar-refractivity contribution in [3.05, 3.63) is 77.6 Å². The lowest BCUT2D eigenvalue weighted by atomic mass is 9.96. The molecule has 6 heteroatoms. The summed E-state index contributed by atoms with van der Waals surface area (Å²) in [6, 6.07) is 15.6. The van der Waals surface area contributed by atoms with Gasteiger partial charge in [-0.25, -0.2) is 9.97 Å². The van der Waals surface area contributed by atoms with Crippen LogP contribution in [0.2, 0.25) is 0 Å². The molecule has 28 heavy (non-hydrogen) atoms. The highest BCUT2D eigenvalue weighted by Crippen LogP contribution is 2.28. The number of amides is 1. The molecule has 0 bridgehead atoms. The number of H-pyrrole nitrogens is 1. The Bertz CT molecular complexity index is 1160. The van der Waals surface area contributed by atoms with Crippen molar-refractivity contribution in [3.8, 4) is 5.69 Å². The molecule has 0 aliphatic heterocycles. The second kappa shape index (κ2) is 6.64. The zero-order valence-electron chi connectivity index (χ0n) is 15.6. The van der Waals surface area contributed by atoms with Crippen LogP contribution >= 0.6 is 0 Å². The van der Waals surface area contributed by atoms with E-state index in [-0.39, 0.29) is 11.9 Å². The van der Waals surface area contributed by atoms with Gasteiger partial charge in [-0.2, -0.15) is 0 Å². The van der Waals surface area contributed by atoms with Crippen LogP contribution in [0.15, 0.2) is 54.9 Å². The van der Waals surface area contributed by atoms with Crippen molar-refractivity contribution in [2.45, 2.75) is 32.2 Å². The van der Waals surface area contributed by atoms with E-state index in [4.69, 9.17) is 0 Å². The molecule has 1 atom stereocenters. The SMILES string of the molecule is Cc1nc2c([nH]1)CCCC2NC(=O)c1ccc(-n2cnc3ccccc32)cc1. The Morgan fingerprint density at radius 2 is 2.00 bits per heavy atom. The number of imidazole rings is 2. The second-order valence-electron chi connectivity index (χ2n) is 7.25. The van der Waals surface area contributed by atoms with E-state index in [1.54, 1.807) is 0 Å². The lowest BCUT2D eigenvalue weighted by Gasteiger charge is -2.22. The highest BCUT2D eigenvalue weighted by molar-refractivity contribution is 5.94. The lowest BCUT2D eigenvalue weighted by Crippen LogP contribution is -2.31. The normalized spacial score (nSPS) is 16.1. The van der Waals surface area contributed by atoms with Gasteiger partial charge in [-0.1, -0.05) is 12.1 Å². The standard InChI is InChI=1S/C22H21N5O/c1-14-24-18-6-4-7-19(21(18)25-14)26-22(28)15-9-11-16(12-10-15)27-13-23-17-5-2-3-8-20(17)27/h2-3,5,8-13,19H,4,6-7H2,1H3,(H,24,25)(H,26,28). The molecular formula is C22H21N5O. The van der Waals surface area contributed by atoms with E-state index in [2.05, 4.69) is 20.3 Å². The fraction of sp³-hybridized carbons (Fsp3) is 0.227. The predicted molar refractivity (Wildman–Crippen MR) is 108 cm³/mol. The number of hydrogen-bond donors (Lipinski definition) is 2. The molecule has 1 aliphatic rings. The van der Waals surface area contributed by atoms with Gasteiger partial charge in [-0.3, -0.25) is 9.36 Å². The number of benzene rings is 2. The number of aromatic nitrogens is 4. The molecule has 2 heterocycles. The smallest absolute Gasteiger partial charge is 0.251 e. The van der Waals surface area contributed by atoms with Crippen LogP contribution in [-0.4, -0.2) is 25.4 Å². The number of aromatic amines is 1. The van der Waals surface area contributed by atoms with E-state index in [0.29, 0.717) is 5.56 Å². The van der Waals surface area contributed by atoms with Gasteiger partial charge in [0.2, 0.25) is 0 Å². The summed E-state index contributed by atoms with van der Waals surface area (Å²) in [5, 5.41) is 3.15. The van der Waals surface area contributed by atoms with Gasteiger partial charge < -0.3 is 10.3 Å². The molecule has 4 aromatic rings. The maximum Gasteiger partial charge on any atom is 0.251 e. The van der Waals surface area contributed by atoms with Gasteiger partial charge in [0, 0.05) is 16.9 Å². The van der Waals surface area contributed by atoms with Gasteiger partial charge in [0.15, 0.2) is 0 Å². The number of hydrogen-bond acceptors (Lipinski definition) is 3. The lowest BCUT2D eigenvalue weighted by molar-refractivity contribution is 0.0932. The van der Waals surface area contributed by atoms with Crippen molar-refractivity contribution in [2.75, 3.05) is 0 Å². The Morgan fingerprint density at radius 1 is 1.18 bits per heavy atom. The van der Waals surface area contributed by atoms with Gasteiger partial charge >= 0.3 is 0 Å². The summed E-state index contributed by atoms with van der Waals surface area (Å²) in [6.45, 7) is 1.95. The highest BCUT2D eigenvalue weighted by Gasteiger charge is 2.25. The maximum absolute atomic E-state index is 12.8. The van der Waals surface area contributed by atoms with E-state index in [1.807, 2.05) is 66.3 Å². The maximum atomic E-state index is 12.8. The fourth-order valence-corrected chi connectivity index (χ4v) is 3.98. The van der Waals surface area contributed by atoms with Crippen LogP contribution in [-0.2, 0) is 6.42 Å². The van der Waals surface area contributed by atoms with Crippen molar-refractivity contribution in [1.82, 2.24) is 24.8 Å². The molecule has 140 valence electrons. The molecule has 6 nitrogen and oxygen atoms in total. The average Bonchev–Trinajstić information content (AvgIpc) is 3.31. The molecule has 1 unspecified atom stereocenters. The molecule has 0 spiro atoms. The van der Waals surface area contributed by atoms with Crippen molar-refractivity contribution >= 4 is 16.9 Å². The van der Waals surface area contributed by atoms with E-state index in [0.717, 1.165) is 53.2 Å². The molecule has 0 saturated carbocycles. The molecule has 1 amide bonds. The third kappa shape index (κ3) is 2.87. The molecule has 2 N–H and O–H groups in total. The van der Waals surface area contributed by atoms with Crippen LogP contribution in [0.3, 0.4) is 0 Å². The van der Waals surface area contributed by atoms with Gasteiger partial charge in [-0.15, -0.1) is 0 Å². The molecule has 0 fully saturated rings. The summed E-state index contributed by atoms with van der Waals surface area (Å²) in [5.41, 5.74) is 5.76. The fourth-order valence-electron chi connectivity index (χ4n) is 3.98. The number of carbonyl (C=O) groups is 1. The average molecular weight is 371 g/mol. The summed E-state index contributed by atoms with van der Waals surface area (Å²) in [4.78, 5) is 25.1. The number of nitrogens with one attached hydrogen (secondary N) is 2. The van der Waals surface area contributed by atoms with Crippen molar-refractivity contribution in [3.63, 3.8) is 0 Å².